The van der Waals surface area contributed by atoms with Crippen LogP contribution in [-0.2, 0) is 5.54 Å². The zero-order valence-electron chi connectivity index (χ0n) is 12.1. The summed E-state index contributed by atoms with van der Waals surface area (Å²) in [6, 6.07) is 10.7. The van der Waals surface area contributed by atoms with Gasteiger partial charge in [-0.2, -0.15) is 10.2 Å². The van der Waals surface area contributed by atoms with Crippen LogP contribution in [0.5, 0.6) is 0 Å². The average Bonchev–Trinajstić information content (AvgIpc) is 2.67. The summed E-state index contributed by atoms with van der Waals surface area (Å²) in [5.74, 6) is 1.00. The highest BCUT2D eigenvalue weighted by molar-refractivity contribution is 5.46. The molecule has 1 aromatic rings. The van der Waals surface area contributed by atoms with Gasteiger partial charge in [-0.3, -0.25) is 0 Å². The van der Waals surface area contributed by atoms with Gasteiger partial charge in [0.1, 0.15) is 5.54 Å². The predicted molar refractivity (Wildman–Crippen MR) is 80.4 cm³/mol. The smallest absolute Gasteiger partial charge is 0.121 e. The lowest BCUT2D eigenvalue weighted by Crippen LogP contribution is -2.45. The van der Waals surface area contributed by atoms with Gasteiger partial charge >= 0.3 is 0 Å². The highest BCUT2D eigenvalue weighted by Gasteiger charge is 2.77. The second-order valence-corrected chi connectivity index (χ2v) is 6.74. The third kappa shape index (κ3) is 0.983. The Balaban J connectivity index is 1.99. The molecule has 20 heavy (non-hydrogen) atoms. The van der Waals surface area contributed by atoms with E-state index in [-0.39, 0.29) is 16.5 Å². The molecule has 0 radical (unpaired) electrons. The van der Waals surface area contributed by atoms with E-state index in [2.05, 4.69) is 62.9 Å². The van der Waals surface area contributed by atoms with Gasteiger partial charge in [0.05, 0.1) is 5.54 Å². The van der Waals surface area contributed by atoms with E-state index in [1.807, 2.05) is 6.08 Å². The van der Waals surface area contributed by atoms with Crippen LogP contribution in [0.1, 0.15) is 25.8 Å². The van der Waals surface area contributed by atoms with Gasteiger partial charge in [0, 0.05) is 17.3 Å². The van der Waals surface area contributed by atoms with Crippen LogP contribution in [-0.4, -0.2) is 5.54 Å². The first-order valence-corrected chi connectivity index (χ1v) is 7.39. The summed E-state index contributed by atoms with van der Waals surface area (Å²) in [6.45, 7) is 8.61. The Morgan fingerprint density at radius 1 is 1.10 bits per heavy atom. The Kier molecular flexibility index (Phi) is 2.11. The molecular weight excluding hydrogens is 244 g/mol. The molecule has 2 nitrogen and oxygen atoms in total. The topological polar surface area (TPSA) is 24.7 Å². The Bertz CT molecular complexity index is 632. The molecule has 0 N–H and O–H groups in total. The SMILES string of the molecule is C=CC[C@@]1(C)[C@]2(C)N=N[C@@]1(c1ccccc1)[C@H]1C=C[C@H]12. The molecule has 1 heterocycles. The Labute approximate surface area is 120 Å². The van der Waals surface area contributed by atoms with Crippen molar-refractivity contribution in [2.45, 2.75) is 31.3 Å². The van der Waals surface area contributed by atoms with E-state index in [4.69, 9.17) is 10.2 Å². The Morgan fingerprint density at radius 3 is 2.40 bits per heavy atom. The molecule has 2 bridgehead atoms. The summed E-state index contributed by atoms with van der Waals surface area (Å²) in [5, 5.41) is 9.62. The molecule has 0 amide bonds. The first kappa shape index (κ1) is 12.1. The van der Waals surface area contributed by atoms with Crippen molar-refractivity contribution >= 4 is 0 Å². The van der Waals surface area contributed by atoms with Gasteiger partial charge < -0.3 is 0 Å². The van der Waals surface area contributed by atoms with Crippen molar-refractivity contribution in [3.8, 4) is 0 Å². The van der Waals surface area contributed by atoms with Crippen molar-refractivity contribution in [1.82, 2.24) is 0 Å². The maximum atomic E-state index is 4.86. The predicted octanol–water partition coefficient (Wildman–Crippen LogP) is 4.50. The lowest BCUT2D eigenvalue weighted by molar-refractivity contribution is 0.148. The molecule has 1 saturated carbocycles. The maximum Gasteiger partial charge on any atom is 0.121 e. The van der Waals surface area contributed by atoms with Gasteiger partial charge in [-0.25, -0.2) is 0 Å². The van der Waals surface area contributed by atoms with Crippen molar-refractivity contribution in [2.24, 2.45) is 27.5 Å². The molecule has 2 heteroatoms. The number of rotatable bonds is 3. The van der Waals surface area contributed by atoms with Crippen molar-refractivity contribution in [3.05, 3.63) is 60.7 Å². The van der Waals surface area contributed by atoms with Crippen LogP contribution in [0.2, 0.25) is 0 Å². The molecule has 4 rings (SSSR count). The molecule has 0 aromatic heterocycles. The quantitative estimate of drug-likeness (QED) is 0.718. The summed E-state index contributed by atoms with van der Waals surface area (Å²) in [6.07, 6.45) is 7.65. The van der Waals surface area contributed by atoms with Crippen LogP contribution in [0.15, 0.2) is 65.4 Å². The zero-order chi connectivity index (χ0) is 14.0. The number of nitrogens with zero attached hydrogens (tertiary/aromatic N) is 2. The summed E-state index contributed by atoms with van der Waals surface area (Å²) < 4.78 is 0. The van der Waals surface area contributed by atoms with Crippen molar-refractivity contribution in [3.63, 3.8) is 0 Å². The Hall–Kier alpha value is -1.70. The third-order valence-corrected chi connectivity index (χ3v) is 6.18. The van der Waals surface area contributed by atoms with Gasteiger partial charge in [0.15, 0.2) is 0 Å². The van der Waals surface area contributed by atoms with Crippen LogP contribution in [0.25, 0.3) is 0 Å². The van der Waals surface area contributed by atoms with E-state index in [1.54, 1.807) is 0 Å². The molecule has 0 saturated heterocycles. The number of hydrogen-bond donors (Lipinski definition) is 0. The average molecular weight is 264 g/mol. The molecule has 1 aliphatic heterocycles. The highest BCUT2D eigenvalue weighted by Crippen LogP contribution is 2.74. The summed E-state index contributed by atoms with van der Waals surface area (Å²) >= 11 is 0. The molecule has 0 unspecified atom stereocenters. The monoisotopic (exact) mass is 264 g/mol. The number of fused-ring (bicyclic) bond motifs is 5. The van der Waals surface area contributed by atoms with Gasteiger partial charge in [0.2, 0.25) is 0 Å². The number of allylic oxidation sites excluding steroid dienone is 1. The molecule has 3 aliphatic rings. The minimum atomic E-state index is -0.212. The largest absolute Gasteiger partial charge is 0.185 e. The fourth-order valence-electron chi connectivity index (χ4n) is 4.84. The number of hydrogen-bond acceptors (Lipinski definition) is 2. The normalized spacial score (nSPS) is 47.1. The minimum Gasteiger partial charge on any atom is -0.185 e. The lowest BCUT2D eigenvalue weighted by atomic mass is 9.61. The highest BCUT2D eigenvalue weighted by atomic mass is 15.3. The van der Waals surface area contributed by atoms with Crippen LogP contribution in [0.4, 0.5) is 0 Å². The first-order valence-electron chi connectivity index (χ1n) is 7.39. The van der Waals surface area contributed by atoms with E-state index in [9.17, 15) is 0 Å². The van der Waals surface area contributed by atoms with Crippen LogP contribution in [0, 0.1) is 17.3 Å². The summed E-state index contributed by atoms with van der Waals surface area (Å²) in [5.41, 5.74) is 0.989. The first-order chi connectivity index (χ1) is 9.60. The molecule has 0 spiro atoms. The molecule has 5 atom stereocenters. The number of benzene rings is 1. The van der Waals surface area contributed by atoms with Gasteiger partial charge in [-0.15, -0.1) is 6.58 Å². The van der Waals surface area contributed by atoms with E-state index < -0.39 is 0 Å². The summed E-state index contributed by atoms with van der Waals surface area (Å²) in [4.78, 5) is 0. The van der Waals surface area contributed by atoms with Crippen LogP contribution in [0.3, 0.4) is 0 Å². The van der Waals surface area contributed by atoms with Crippen molar-refractivity contribution in [1.29, 1.82) is 0 Å². The van der Waals surface area contributed by atoms with Crippen LogP contribution < -0.4 is 0 Å². The van der Waals surface area contributed by atoms with Crippen molar-refractivity contribution in [2.75, 3.05) is 0 Å². The van der Waals surface area contributed by atoms with E-state index in [0.29, 0.717) is 11.8 Å². The van der Waals surface area contributed by atoms with Gasteiger partial charge in [-0.05, 0) is 18.9 Å². The van der Waals surface area contributed by atoms with E-state index in [1.165, 1.54) is 5.56 Å². The Morgan fingerprint density at radius 2 is 1.80 bits per heavy atom. The zero-order valence-corrected chi connectivity index (χ0v) is 12.1. The lowest BCUT2D eigenvalue weighted by Gasteiger charge is -2.41. The third-order valence-electron chi connectivity index (χ3n) is 6.18. The standard InChI is InChI=1S/C18H20N2/c1-4-12-16(2)17(3)14-10-11-15(14)18(16,20-19-17)13-8-6-5-7-9-13/h4-11,14-15H,1,12H2,2-3H3/t14-,15+,16+,17-,18+/m1/s1. The molecule has 1 fully saturated rings. The van der Waals surface area contributed by atoms with Gasteiger partial charge in [0.25, 0.3) is 0 Å². The van der Waals surface area contributed by atoms with Crippen molar-refractivity contribution < 1.29 is 0 Å². The molecule has 102 valence electrons. The molecule has 1 aromatic carbocycles. The summed E-state index contributed by atoms with van der Waals surface area (Å²) in [7, 11) is 0. The van der Waals surface area contributed by atoms with E-state index in [0.717, 1.165) is 6.42 Å². The number of azo groups is 1. The van der Waals surface area contributed by atoms with E-state index >= 15 is 0 Å². The second kappa shape index (κ2) is 3.49. The second-order valence-electron chi connectivity index (χ2n) is 6.74. The minimum absolute atomic E-state index is 0.00192. The maximum absolute atomic E-state index is 4.86. The fourth-order valence-corrected chi connectivity index (χ4v) is 4.84. The van der Waals surface area contributed by atoms with Crippen LogP contribution >= 0.6 is 0 Å². The fraction of sp³-hybridized carbons (Fsp3) is 0.444. The molecule has 2 aliphatic carbocycles. The molecular formula is C18H20N2. The van der Waals surface area contributed by atoms with Gasteiger partial charge in [-0.1, -0.05) is 55.5 Å².